The average molecular weight is 268 g/mol. The first-order chi connectivity index (χ1) is 9.74. The predicted molar refractivity (Wildman–Crippen MR) is 69.6 cm³/mol. The highest BCUT2D eigenvalue weighted by Gasteiger charge is 2.32. The van der Waals surface area contributed by atoms with Crippen molar-refractivity contribution in [3.8, 4) is 0 Å². The van der Waals surface area contributed by atoms with E-state index in [2.05, 4.69) is 10.1 Å². The molecule has 0 saturated heterocycles. The van der Waals surface area contributed by atoms with E-state index < -0.39 is 0 Å². The summed E-state index contributed by atoms with van der Waals surface area (Å²) in [6.07, 6.45) is 4.24. The molecule has 0 N–H and O–H groups in total. The Morgan fingerprint density at radius 2 is 2.15 bits per heavy atom. The van der Waals surface area contributed by atoms with E-state index in [0.717, 1.165) is 6.42 Å². The standard InChI is InChI=1S/C15H11FN3O/c16-12-4-2-1-3-10(12)11-7-8-19-15(11)17-14(18-19)13(20)9-5-6-9/h1-6,11H,7-8H2. The van der Waals surface area contributed by atoms with E-state index in [1.807, 2.05) is 6.07 Å². The molecule has 4 nitrogen and oxygen atoms in total. The van der Waals surface area contributed by atoms with E-state index in [1.54, 1.807) is 29.3 Å². The van der Waals surface area contributed by atoms with Crippen LogP contribution >= 0.6 is 0 Å². The van der Waals surface area contributed by atoms with Crippen LogP contribution in [0.5, 0.6) is 0 Å². The second-order valence-electron chi connectivity index (χ2n) is 5.00. The van der Waals surface area contributed by atoms with Gasteiger partial charge >= 0.3 is 0 Å². The number of carbonyl (C=O) groups is 1. The predicted octanol–water partition coefficient (Wildman–Crippen LogP) is 2.28. The molecular weight excluding hydrogens is 257 g/mol. The van der Waals surface area contributed by atoms with Gasteiger partial charge in [0.05, 0.1) is 0 Å². The summed E-state index contributed by atoms with van der Waals surface area (Å²) in [4.78, 5) is 16.2. The molecule has 0 spiro atoms. The van der Waals surface area contributed by atoms with Crippen molar-refractivity contribution in [2.45, 2.75) is 18.9 Å². The van der Waals surface area contributed by atoms with E-state index in [4.69, 9.17) is 0 Å². The first kappa shape index (κ1) is 11.5. The molecule has 4 rings (SSSR count). The Bertz CT molecular complexity index is 747. The van der Waals surface area contributed by atoms with Gasteiger partial charge in [-0.15, -0.1) is 5.10 Å². The van der Waals surface area contributed by atoms with Gasteiger partial charge in [0.25, 0.3) is 0 Å². The molecule has 1 atom stereocenters. The Morgan fingerprint density at radius 1 is 1.35 bits per heavy atom. The minimum Gasteiger partial charge on any atom is -0.285 e. The normalized spacial score (nSPS) is 19.6. The smallest absolute Gasteiger partial charge is 0.228 e. The van der Waals surface area contributed by atoms with Crippen LogP contribution in [0.25, 0.3) is 0 Å². The molecule has 0 fully saturated rings. The first-order valence-corrected chi connectivity index (χ1v) is 6.53. The van der Waals surface area contributed by atoms with Gasteiger partial charge in [-0.2, -0.15) is 0 Å². The Kier molecular flexibility index (Phi) is 2.36. The van der Waals surface area contributed by atoms with Gasteiger partial charge in [0.2, 0.25) is 11.6 Å². The molecule has 1 aliphatic heterocycles. The van der Waals surface area contributed by atoms with E-state index in [0.29, 0.717) is 23.5 Å². The Balaban J connectivity index is 1.73. The van der Waals surface area contributed by atoms with Gasteiger partial charge in [-0.05, 0) is 18.1 Å². The van der Waals surface area contributed by atoms with Crippen molar-refractivity contribution in [3.05, 3.63) is 65.4 Å². The molecule has 1 aliphatic carbocycles. The fourth-order valence-electron chi connectivity index (χ4n) is 2.63. The largest absolute Gasteiger partial charge is 0.285 e. The highest BCUT2D eigenvalue weighted by atomic mass is 19.1. The van der Waals surface area contributed by atoms with Gasteiger partial charge in [0.15, 0.2) is 0 Å². The van der Waals surface area contributed by atoms with E-state index >= 15 is 0 Å². The molecule has 1 radical (unpaired) electrons. The summed E-state index contributed by atoms with van der Waals surface area (Å²) in [5, 5.41) is 4.23. The van der Waals surface area contributed by atoms with Crippen LogP contribution in [0.3, 0.4) is 0 Å². The van der Waals surface area contributed by atoms with Gasteiger partial charge in [-0.1, -0.05) is 24.3 Å². The maximum Gasteiger partial charge on any atom is 0.228 e. The highest BCUT2D eigenvalue weighted by Crippen LogP contribution is 2.34. The summed E-state index contributed by atoms with van der Waals surface area (Å²) in [5.74, 6) is 0.377. The van der Waals surface area contributed by atoms with Crippen LogP contribution in [-0.4, -0.2) is 20.5 Å². The SMILES string of the molecule is O=C(C1=C[CH]1)c1nc2n(n1)CCC2c1ccccc1F. The maximum atomic E-state index is 13.9. The molecule has 1 aromatic heterocycles. The topological polar surface area (TPSA) is 47.8 Å². The van der Waals surface area contributed by atoms with Gasteiger partial charge in [-0.25, -0.2) is 14.1 Å². The van der Waals surface area contributed by atoms with Crippen LogP contribution < -0.4 is 0 Å². The molecule has 2 aromatic rings. The summed E-state index contributed by atoms with van der Waals surface area (Å²) >= 11 is 0. The second kappa shape index (κ2) is 4.10. The van der Waals surface area contributed by atoms with E-state index in [-0.39, 0.29) is 23.3 Å². The summed E-state index contributed by atoms with van der Waals surface area (Å²) in [5.41, 5.74) is 1.27. The van der Waals surface area contributed by atoms with Crippen LogP contribution in [0.1, 0.15) is 34.3 Å². The fraction of sp³-hybridized carbons (Fsp3) is 0.200. The van der Waals surface area contributed by atoms with Crippen molar-refractivity contribution in [2.24, 2.45) is 0 Å². The lowest BCUT2D eigenvalue weighted by Gasteiger charge is -2.08. The molecule has 1 aromatic carbocycles. The Morgan fingerprint density at radius 3 is 2.90 bits per heavy atom. The lowest BCUT2D eigenvalue weighted by Crippen LogP contribution is -2.04. The number of halogens is 1. The molecule has 20 heavy (non-hydrogen) atoms. The van der Waals surface area contributed by atoms with Crippen molar-refractivity contribution >= 4 is 5.78 Å². The highest BCUT2D eigenvalue weighted by molar-refractivity contribution is 6.11. The third kappa shape index (κ3) is 1.70. The molecular formula is C15H11FN3O. The molecule has 1 unspecified atom stereocenters. The van der Waals surface area contributed by atoms with Crippen LogP contribution in [0, 0.1) is 12.2 Å². The number of aryl methyl sites for hydroxylation is 1. The molecule has 0 saturated carbocycles. The quantitative estimate of drug-likeness (QED) is 0.802. The lowest BCUT2D eigenvalue weighted by molar-refractivity contribution is 0.103. The number of allylic oxidation sites excluding steroid dienone is 2. The van der Waals surface area contributed by atoms with Crippen molar-refractivity contribution in [1.82, 2.24) is 14.8 Å². The molecule has 99 valence electrons. The van der Waals surface area contributed by atoms with Crippen LogP contribution in [0.2, 0.25) is 0 Å². The first-order valence-electron chi connectivity index (χ1n) is 6.53. The van der Waals surface area contributed by atoms with Gasteiger partial charge in [0.1, 0.15) is 11.6 Å². The number of carbonyl (C=O) groups excluding carboxylic acids is 1. The maximum absolute atomic E-state index is 13.9. The van der Waals surface area contributed by atoms with Crippen molar-refractivity contribution < 1.29 is 9.18 Å². The van der Waals surface area contributed by atoms with Crippen molar-refractivity contribution in [1.29, 1.82) is 0 Å². The second-order valence-corrected chi connectivity index (χ2v) is 5.00. The number of benzene rings is 1. The van der Waals surface area contributed by atoms with Crippen LogP contribution in [0.4, 0.5) is 4.39 Å². The lowest BCUT2D eigenvalue weighted by atomic mass is 9.97. The minimum atomic E-state index is -0.236. The number of nitrogens with zero attached hydrogens (tertiary/aromatic N) is 3. The zero-order valence-corrected chi connectivity index (χ0v) is 10.6. The zero-order chi connectivity index (χ0) is 13.7. The summed E-state index contributed by atoms with van der Waals surface area (Å²) in [6.45, 7) is 0.664. The molecule has 2 aliphatic rings. The third-order valence-electron chi connectivity index (χ3n) is 3.72. The molecule has 0 amide bonds. The summed E-state index contributed by atoms with van der Waals surface area (Å²) in [7, 11) is 0. The molecule has 5 heteroatoms. The number of hydrogen-bond donors (Lipinski definition) is 0. The number of hydrogen-bond acceptors (Lipinski definition) is 3. The average Bonchev–Trinajstić information content (AvgIpc) is 3.09. The van der Waals surface area contributed by atoms with Gasteiger partial charge in [0, 0.05) is 24.5 Å². The van der Waals surface area contributed by atoms with Crippen molar-refractivity contribution in [3.63, 3.8) is 0 Å². The summed E-state index contributed by atoms with van der Waals surface area (Å²) < 4.78 is 15.6. The Labute approximate surface area is 114 Å². The van der Waals surface area contributed by atoms with Crippen LogP contribution in [0.15, 0.2) is 35.9 Å². The number of rotatable bonds is 3. The Hall–Kier alpha value is -2.30. The number of Topliss-reactive ketones (excluding diaryl/α,β-unsaturated/α-hetero) is 1. The van der Waals surface area contributed by atoms with Crippen molar-refractivity contribution in [2.75, 3.05) is 0 Å². The number of ketones is 1. The monoisotopic (exact) mass is 268 g/mol. The zero-order valence-electron chi connectivity index (χ0n) is 10.6. The summed E-state index contributed by atoms with van der Waals surface area (Å²) in [6, 6.07) is 6.70. The van der Waals surface area contributed by atoms with Gasteiger partial charge in [-0.3, -0.25) is 4.79 Å². The van der Waals surface area contributed by atoms with Crippen LogP contribution in [-0.2, 0) is 6.54 Å². The minimum absolute atomic E-state index is 0.123. The molecule has 0 bridgehead atoms. The number of aromatic nitrogens is 3. The van der Waals surface area contributed by atoms with E-state index in [1.165, 1.54) is 6.07 Å². The third-order valence-corrected chi connectivity index (χ3v) is 3.72. The van der Waals surface area contributed by atoms with Gasteiger partial charge < -0.3 is 0 Å². The van der Waals surface area contributed by atoms with E-state index in [9.17, 15) is 9.18 Å². The fourth-order valence-corrected chi connectivity index (χ4v) is 2.63. The number of fused-ring (bicyclic) bond motifs is 1. The molecule has 2 heterocycles.